The standard InChI is InChI=1S/C23H35N5O2.HI/c1-24-23(25-9-7-18-5-6-21-20(17-18)8-16-30-21)26-10-11-27-12-14-28(15-13-27)22(29)19-3-2-4-19;/h5-6,17,19H,2-4,7-16H2,1H3,(H2,24,25,26);1H. The molecule has 4 rings (SSSR count). The lowest BCUT2D eigenvalue weighted by Crippen LogP contribution is -2.52. The van der Waals surface area contributed by atoms with Crippen molar-refractivity contribution in [1.29, 1.82) is 0 Å². The number of rotatable bonds is 7. The van der Waals surface area contributed by atoms with E-state index in [-0.39, 0.29) is 24.0 Å². The lowest BCUT2D eigenvalue weighted by atomic mass is 9.84. The summed E-state index contributed by atoms with van der Waals surface area (Å²) in [6, 6.07) is 6.50. The van der Waals surface area contributed by atoms with Gasteiger partial charge in [0, 0.05) is 65.2 Å². The van der Waals surface area contributed by atoms with Gasteiger partial charge in [-0.25, -0.2) is 0 Å². The summed E-state index contributed by atoms with van der Waals surface area (Å²) in [5.41, 5.74) is 2.65. The van der Waals surface area contributed by atoms with Crippen LogP contribution in [0.5, 0.6) is 5.75 Å². The van der Waals surface area contributed by atoms with Crippen molar-refractivity contribution < 1.29 is 9.53 Å². The molecule has 1 saturated carbocycles. The Bertz CT molecular complexity index is 760. The summed E-state index contributed by atoms with van der Waals surface area (Å²) < 4.78 is 5.58. The van der Waals surface area contributed by atoms with E-state index in [0.717, 1.165) is 89.8 Å². The van der Waals surface area contributed by atoms with Gasteiger partial charge in [0.15, 0.2) is 5.96 Å². The van der Waals surface area contributed by atoms with Gasteiger partial charge in [0.2, 0.25) is 5.91 Å². The van der Waals surface area contributed by atoms with E-state index in [9.17, 15) is 4.79 Å². The van der Waals surface area contributed by atoms with E-state index in [1.807, 2.05) is 7.05 Å². The molecule has 1 saturated heterocycles. The molecule has 1 amide bonds. The van der Waals surface area contributed by atoms with Gasteiger partial charge in [-0.05, 0) is 36.5 Å². The number of amides is 1. The van der Waals surface area contributed by atoms with Gasteiger partial charge in [-0.2, -0.15) is 0 Å². The summed E-state index contributed by atoms with van der Waals surface area (Å²) in [7, 11) is 1.81. The second-order valence-corrected chi connectivity index (χ2v) is 8.51. The molecule has 0 radical (unpaired) electrons. The number of hydrogen-bond donors (Lipinski definition) is 2. The number of halogens is 1. The fraction of sp³-hybridized carbons (Fsp3) is 0.652. The Morgan fingerprint density at radius 3 is 2.65 bits per heavy atom. The van der Waals surface area contributed by atoms with Gasteiger partial charge in [-0.3, -0.25) is 14.7 Å². The van der Waals surface area contributed by atoms with E-state index < -0.39 is 0 Å². The molecule has 1 aliphatic carbocycles. The van der Waals surface area contributed by atoms with Crippen molar-refractivity contribution in [3.8, 4) is 5.75 Å². The minimum Gasteiger partial charge on any atom is -0.493 e. The molecular formula is C23H36IN5O2. The van der Waals surface area contributed by atoms with Crippen LogP contribution >= 0.6 is 24.0 Å². The van der Waals surface area contributed by atoms with Crippen molar-refractivity contribution in [1.82, 2.24) is 20.4 Å². The molecule has 8 heteroatoms. The van der Waals surface area contributed by atoms with Gasteiger partial charge in [0.05, 0.1) is 6.61 Å². The van der Waals surface area contributed by atoms with Crippen LogP contribution in [0.3, 0.4) is 0 Å². The number of aliphatic imine (C=N–C) groups is 1. The van der Waals surface area contributed by atoms with Gasteiger partial charge >= 0.3 is 0 Å². The third-order valence-corrected chi connectivity index (χ3v) is 6.54. The normalized spacial score (nSPS) is 19.1. The van der Waals surface area contributed by atoms with E-state index in [2.05, 4.69) is 43.6 Å². The highest BCUT2D eigenvalue weighted by Gasteiger charge is 2.31. The van der Waals surface area contributed by atoms with Crippen molar-refractivity contribution in [2.45, 2.75) is 32.1 Å². The molecule has 0 bridgehead atoms. The molecule has 0 spiro atoms. The molecule has 1 aromatic carbocycles. The molecule has 2 fully saturated rings. The first-order valence-electron chi connectivity index (χ1n) is 11.4. The van der Waals surface area contributed by atoms with Gasteiger partial charge in [0.1, 0.15) is 5.75 Å². The lowest BCUT2D eigenvalue weighted by Gasteiger charge is -2.38. The zero-order chi connectivity index (χ0) is 20.8. The fourth-order valence-electron chi connectivity index (χ4n) is 4.38. The molecule has 2 heterocycles. The quantitative estimate of drug-likeness (QED) is 0.314. The lowest BCUT2D eigenvalue weighted by molar-refractivity contribution is -0.139. The zero-order valence-corrected chi connectivity index (χ0v) is 20.9. The number of nitrogens with one attached hydrogen (secondary N) is 2. The molecule has 31 heavy (non-hydrogen) atoms. The monoisotopic (exact) mass is 541 g/mol. The van der Waals surface area contributed by atoms with E-state index in [4.69, 9.17) is 4.74 Å². The number of carbonyl (C=O) groups excluding carboxylic acids is 1. The van der Waals surface area contributed by atoms with Crippen LogP contribution < -0.4 is 15.4 Å². The first-order chi connectivity index (χ1) is 14.7. The van der Waals surface area contributed by atoms with Gasteiger partial charge in [-0.15, -0.1) is 24.0 Å². The number of ether oxygens (including phenoxy) is 1. The largest absolute Gasteiger partial charge is 0.493 e. The van der Waals surface area contributed by atoms with Crippen molar-refractivity contribution in [2.24, 2.45) is 10.9 Å². The number of fused-ring (bicyclic) bond motifs is 1. The number of hydrogen-bond acceptors (Lipinski definition) is 4. The van der Waals surface area contributed by atoms with Gasteiger partial charge in [-0.1, -0.05) is 18.6 Å². The van der Waals surface area contributed by atoms with E-state index in [1.165, 1.54) is 17.5 Å². The van der Waals surface area contributed by atoms with Crippen LogP contribution in [0.4, 0.5) is 0 Å². The van der Waals surface area contributed by atoms with Crippen LogP contribution in [-0.2, 0) is 17.6 Å². The average Bonchev–Trinajstić information content (AvgIpc) is 3.19. The number of nitrogens with zero attached hydrogens (tertiary/aromatic N) is 3. The zero-order valence-electron chi connectivity index (χ0n) is 18.6. The highest BCUT2D eigenvalue weighted by Crippen LogP contribution is 2.28. The Labute approximate surface area is 203 Å². The van der Waals surface area contributed by atoms with Crippen molar-refractivity contribution in [3.05, 3.63) is 29.3 Å². The van der Waals surface area contributed by atoms with Crippen molar-refractivity contribution >= 4 is 35.8 Å². The molecule has 7 nitrogen and oxygen atoms in total. The van der Waals surface area contributed by atoms with Crippen LogP contribution in [0.15, 0.2) is 23.2 Å². The third kappa shape index (κ3) is 6.47. The first kappa shape index (κ1) is 24.1. The average molecular weight is 541 g/mol. The predicted octanol–water partition coefficient (Wildman–Crippen LogP) is 1.89. The maximum absolute atomic E-state index is 12.4. The second-order valence-electron chi connectivity index (χ2n) is 8.51. The minimum atomic E-state index is 0. The van der Waals surface area contributed by atoms with E-state index in [0.29, 0.717) is 11.8 Å². The summed E-state index contributed by atoms with van der Waals surface area (Å²) in [5.74, 6) is 2.59. The SMILES string of the molecule is CN=C(NCCc1ccc2c(c1)CCO2)NCCN1CCN(C(=O)C2CCC2)CC1.I. The van der Waals surface area contributed by atoms with Crippen LogP contribution in [0.25, 0.3) is 0 Å². The Kier molecular flexibility index (Phi) is 9.25. The van der Waals surface area contributed by atoms with Gasteiger partial charge in [0.25, 0.3) is 0 Å². The van der Waals surface area contributed by atoms with Crippen molar-refractivity contribution in [3.63, 3.8) is 0 Å². The molecule has 3 aliphatic rings. The third-order valence-electron chi connectivity index (χ3n) is 6.54. The highest BCUT2D eigenvalue weighted by atomic mass is 127. The Hall–Kier alpha value is -1.55. The molecule has 2 N–H and O–H groups in total. The number of piperazine rings is 1. The molecule has 172 valence electrons. The Morgan fingerprint density at radius 1 is 1.16 bits per heavy atom. The van der Waals surface area contributed by atoms with Crippen LogP contribution in [0.2, 0.25) is 0 Å². The maximum Gasteiger partial charge on any atom is 0.225 e. The van der Waals surface area contributed by atoms with Gasteiger partial charge < -0.3 is 20.3 Å². The van der Waals surface area contributed by atoms with Crippen LogP contribution in [0.1, 0.15) is 30.4 Å². The van der Waals surface area contributed by atoms with Crippen LogP contribution in [-0.4, -0.2) is 81.1 Å². The number of guanidine groups is 1. The fourth-order valence-corrected chi connectivity index (χ4v) is 4.38. The molecule has 0 atom stereocenters. The molecule has 2 aliphatic heterocycles. The van der Waals surface area contributed by atoms with E-state index >= 15 is 0 Å². The first-order valence-corrected chi connectivity index (χ1v) is 11.4. The van der Waals surface area contributed by atoms with Crippen LogP contribution in [0, 0.1) is 5.92 Å². The predicted molar refractivity (Wildman–Crippen MR) is 134 cm³/mol. The maximum atomic E-state index is 12.4. The summed E-state index contributed by atoms with van der Waals surface area (Å²) in [6.07, 6.45) is 5.39. The smallest absolute Gasteiger partial charge is 0.225 e. The summed E-state index contributed by atoms with van der Waals surface area (Å²) in [4.78, 5) is 21.2. The number of benzene rings is 1. The van der Waals surface area contributed by atoms with E-state index in [1.54, 1.807) is 0 Å². The Morgan fingerprint density at radius 2 is 1.94 bits per heavy atom. The molecule has 0 unspecified atom stereocenters. The number of carbonyl (C=O) groups is 1. The van der Waals surface area contributed by atoms with Crippen molar-refractivity contribution in [2.75, 3.05) is 59.5 Å². The second kappa shape index (κ2) is 11.9. The summed E-state index contributed by atoms with van der Waals surface area (Å²) in [5, 5.41) is 6.82. The Balaban J connectivity index is 0.00000272. The molecule has 1 aromatic rings. The highest BCUT2D eigenvalue weighted by molar-refractivity contribution is 14.0. The minimum absolute atomic E-state index is 0. The molecule has 0 aromatic heterocycles. The summed E-state index contributed by atoms with van der Waals surface area (Å²) in [6.45, 7) is 7.15. The topological polar surface area (TPSA) is 69.2 Å². The molecular weight excluding hydrogens is 505 g/mol. The summed E-state index contributed by atoms with van der Waals surface area (Å²) >= 11 is 0.